The molecule has 2 heterocycles. The molecular weight excluding hydrogens is 824 g/mol. The minimum Gasteiger partial charge on any atom is -0.390 e. The van der Waals surface area contributed by atoms with Gasteiger partial charge in [-0.15, -0.1) is 0 Å². The third-order valence-electron chi connectivity index (χ3n) is 20.6. The Morgan fingerprint density at radius 1 is 0.656 bits per heavy atom. The highest BCUT2D eigenvalue weighted by molar-refractivity contribution is 9.09. The number of aliphatic hydroxyl groups is 2. The van der Waals surface area contributed by atoms with Crippen LogP contribution in [0.15, 0.2) is 24.8 Å². The molecule has 0 amide bonds. The number of hydrogen-bond acceptors (Lipinski definition) is 6. The van der Waals surface area contributed by atoms with Crippen molar-refractivity contribution < 1.29 is 19.8 Å². The number of H-pyrrole nitrogens is 1. The summed E-state index contributed by atoms with van der Waals surface area (Å²) >= 11 is 3.46. The van der Waals surface area contributed by atoms with Crippen molar-refractivity contribution in [2.24, 2.45) is 106 Å². The van der Waals surface area contributed by atoms with Gasteiger partial charge in [-0.05, 0) is 235 Å². The van der Waals surface area contributed by atoms with E-state index >= 15 is 0 Å². The van der Waals surface area contributed by atoms with E-state index in [1.54, 1.807) is 6.20 Å². The lowest BCUT2D eigenvalue weighted by Gasteiger charge is -2.57. The zero-order valence-electron chi connectivity index (χ0n) is 38.2. The molecule has 0 aliphatic heterocycles. The van der Waals surface area contributed by atoms with Crippen LogP contribution >= 0.6 is 15.9 Å². The Labute approximate surface area is 374 Å². The minimum atomic E-state index is -0.436. The van der Waals surface area contributed by atoms with Crippen LogP contribution in [0.25, 0.3) is 0 Å². The quantitative estimate of drug-likeness (QED) is 0.257. The number of halogens is 1. The van der Waals surface area contributed by atoms with Crippen molar-refractivity contribution in [1.29, 1.82) is 0 Å². The second kappa shape index (κ2) is 15.7. The van der Waals surface area contributed by atoms with Gasteiger partial charge in [0.15, 0.2) is 5.78 Å². The number of aromatic nitrogens is 4. The van der Waals surface area contributed by atoms with Crippen LogP contribution in [0.3, 0.4) is 0 Å². The molecule has 0 aromatic carbocycles. The molecular formula is C52H77BrN4O4. The Morgan fingerprint density at radius 3 is 1.59 bits per heavy atom. The molecule has 336 valence electrons. The monoisotopic (exact) mass is 901 g/mol. The molecule has 8 nitrogen and oxygen atoms in total. The summed E-state index contributed by atoms with van der Waals surface area (Å²) in [6.07, 6.45) is 27.1. The lowest BCUT2D eigenvalue weighted by atomic mass is 9.48. The van der Waals surface area contributed by atoms with Gasteiger partial charge in [-0.2, -0.15) is 10.2 Å². The Hall–Kier alpha value is -1.84. The molecule has 61 heavy (non-hydrogen) atoms. The smallest absolute Gasteiger partial charge is 0.158 e. The second-order valence-electron chi connectivity index (χ2n) is 24.4. The Morgan fingerprint density at radius 2 is 1.16 bits per heavy atom. The number of aryl methyl sites for hydroxylation is 2. The molecule has 10 aliphatic carbocycles. The first kappa shape index (κ1) is 43.1. The number of fused-ring (bicyclic) bond motifs is 14. The summed E-state index contributed by atoms with van der Waals surface area (Å²) in [5.41, 5.74) is 1.95. The summed E-state index contributed by atoms with van der Waals surface area (Å²) in [5, 5.41) is 32.5. The molecule has 2 aromatic rings. The molecule has 0 radical (unpaired) electrons. The number of carbonyl (C=O) groups is 2. The summed E-state index contributed by atoms with van der Waals surface area (Å²) in [5.74, 6) is 12.7. The van der Waals surface area contributed by atoms with Crippen LogP contribution in [0.5, 0.6) is 0 Å². The van der Waals surface area contributed by atoms with E-state index < -0.39 is 11.2 Å². The number of alkyl halides is 1. The Balaban J connectivity index is 0.000000130. The van der Waals surface area contributed by atoms with Gasteiger partial charge < -0.3 is 10.2 Å². The van der Waals surface area contributed by atoms with Crippen molar-refractivity contribution >= 4 is 27.5 Å². The Bertz CT molecular complexity index is 1940. The number of ketones is 2. The topological polar surface area (TPSA) is 121 Å². The fourth-order valence-corrected chi connectivity index (χ4v) is 18.9. The molecule has 0 unspecified atom stereocenters. The second-order valence-corrected chi connectivity index (χ2v) is 25.0. The number of aromatic amines is 1. The van der Waals surface area contributed by atoms with Crippen molar-refractivity contribution in [2.45, 2.75) is 162 Å². The predicted molar refractivity (Wildman–Crippen MR) is 241 cm³/mol. The maximum atomic E-state index is 13.5. The SMILES string of the molecule is C[C@@]1(O)CC[C@H]2[C@H](CC[C@@H]3[C@@H]2CC[C@@]2(C)[C@H]3[C@@H]3C[C@@H]3[C@@H]2C(=O)CBr)C1.Cc1cn[nH]c1.Cc1cnn(CC(=O)[C@H]2[C@H]3C[C@H]3[C@H]3[C@@H]4CC[C@@H]5C[C@](C)(O)CC[C@@H]5[C@H]4CC[C@@]32C)c1. The van der Waals surface area contributed by atoms with Gasteiger partial charge in [-0.3, -0.25) is 19.4 Å². The molecule has 0 spiro atoms. The number of nitrogens with zero attached hydrogens (tertiary/aromatic N) is 3. The molecule has 0 bridgehead atoms. The third kappa shape index (κ3) is 7.52. The van der Waals surface area contributed by atoms with Crippen molar-refractivity contribution in [1.82, 2.24) is 20.0 Å². The van der Waals surface area contributed by atoms with E-state index in [2.05, 4.69) is 58.9 Å². The summed E-state index contributed by atoms with van der Waals surface area (Å²) in [4.78, 5) is 26.2. The van der Waals surface area contributed by atoms with Crippen LogP contribution in [0.2, 0.25) is 0 Å². The summed E-state index contributed by atoms with van der Waals surface area (Å²) in [6, 6.07) is 0. The highest BCUT2D eigenvalue weighted by Gasteiger charge is 2.72. The average Bonchev–Trinajstić information content (AvgIpc) is 3.96. The molecule has 0 saturated heterocycles. The van der Waals surface area contributed by atoms with Crippen molar-refractivity contribution in [3.8, 4) is 0 Å². The number of hydrogen-bond donors (Lipinski definition) is 3. The van der Waals surface area contributed by atoms with E-state index in [0.717, 1.165) is 102 Å². The molecule has 2 aromatic heterocycles. The number of rotatable bonds is 5. The molecule has 3 N–H and O–H groups in total. The highest BCUT2D eigenvalue weighted by Crippen LogP contribution is 2.76. The molecule has 10 saturated carbocycles. The third-order valence-corrected chi connectivity index (χ3v) is 21.1. The fraction of sp³-hybridized carbons (Fsp3) is 0.846. The predicted octanol–water partition coefficient (Wildman–Crippen LogP) is 10.2. The van der Waals surface area contributed by atoms with Crippen molar-refractivity contribution in [3.05, 3.63) is 35.9 Å². The molecule has 12 rings (SSSR count). The van der Waals surface area contributed by atoms with Gasteiger partial charge in [0.25, 0.3) is 0 Å². The van der Waals surface area contributed by atoms with Crippen molar-refractivity contribution in [2.75, 3.05) is 5.33 Å². The number of carbonyl (C=O) groups excluding carboxylic acids is 2. The largest absolute Gasteiger partial charge is 0.390 e. The van der Waals surface area contributed by atoms with Gasteiger partial charge in [0.1, 0.15) is 5.78 Å². The van der Waals surface area contributed by atoms with E-state index in [-0.39, 0.29) is 16.7 Å². The van der Waals surface area contributed by atoms with Gasteiger partial charge in [0, 0.05) is 24.2 Å². The zero-order chi connectivity index (χ0) is 42.8. The first-order valence-corrected chi connectivity index (χ1v) is 26.1. The van der Waals surface area contributed by atoms with Crippen LogP contribution in [-0.4, -0.2) is 58.3 Å². The average molecular weight is 902 g/mol. The van der Waals surface area contributed by atoms with Gasteiger partial charge in [-0.25, -0.2) is 0 Å². The minimum absolute atomic E-state index is 0.209. The van der Waals surface area contributed by atoms with Crippen molar-refractivity contribution in [3.63, 3.8) is 0 Å². The molecule has 20 atom stereocenters. The fourth-order valence-electron chi connectivity index (χ4n) is 18.5. The molecule has 10 fully saturated rings. The normalized spacial score (nSPS) is 50.5. The van der Waals surface area contributed by atoms with Crippen LogP contribution in [0.4, 0.5) is 0 Å². The highest BCUT2D eigenvalue weighted by atomic mass is 79.9. The number of Topliss-reactive ketones (excluding diaryl/α,β-unsaturated/α-hetero) is 2. The van der Waals surface area contributed by atoms with Gasteiger partial charge in [-0.1, -0.05) is 29.8 Å². The van der Waals surface area contributed by atoms with Gasteiger partial charge in [0.2, 0.25) is 0 Å². The van der Waals surface area contributed by atoms with Crippen LogP contribution in [-0.2, 0) is 16.1 Å². The summed E-state index contributed by atoms with van der Waals surface area (Å²) in [6.45, 7) is 13.5. The maximum Gasteiger partial charge on any atom is 0.158 e. The lowest BCUT2D eigenvalue weighted by Crippen LogP contribution is -2.52. The van der Waals surface area contributed by atoms with E-state index in [1.165, 1.54) is 82.6 Å². The first-order chi connectivity index (χ1) is 29.0. The van der Waals surface area contributed by atoms with Crippen LogP contribution < -0.4 is 0 Å². The van der Waals surface area contributed by atoms with E-state index in [9.17, 15) is 19.8 Å². The molecule has 9 heteroatoms. The lowest BCUT2D eigenvalue weighted by molar-refractivity contribution is -0.136. The van der Waals surface area contributed by atoms with E-state index in [4.69, 9.17) is 0 Å². The summed E-state index contributed by atoms with van der Waals surface area (Å²) in [7, 11) is 0. The van der Waals surface area contributed by atoms with Gasteiger partial charge in [0.05, 0.1) is 35.5 Å². The molecule has 10 aliphatic rings. The van der Waals surface area contributed by atoms with Crippen LogP contribution in [0, 0.1) is 119 Å². The standard InChI is InChI=1S/C26H38N2O2.C22H33BrO2.C4H6N2/c1-15-12-27-28(13-15)14-22(29)24-21-10-20(21)23-19-5-4-16-11-25(2,30)8-6-17(16)18(19)7-9-26(23,24)3;1-21(25)7-5-13-12(10-21)3-4-15-14(13)6-8-22(2)19(15)16-9-17(16)20(22)18(24)11-23;1-4-2-5-6-3-4/h12-13,16-21,23-24,30H,4-11,14H2,1-3H3;12-17,19-20,25H,3-11H2,1-2H3;2-3H,1H3,(H,5,6)/t16-,17+,18-,19-,20-,21+,23-,24-,25-,26+;12-,13+,14-,15-,16-,17+,19-,20-,21-,22+;/m11./s1. The van der Waals surface area contributed by atoms with E-state index in [1.807, 2.05) is 37.1 Å². The first-order valence-electron chi connectivity index (χ1n) is 25.0. The maximum absolute atomic E-state index is 13.5. The van der Waals surface area contributed by atoms with Crippen LogP contribution in [0.1, 0.15) is 142 Å². The number of nitrogens with one attached hydrogen (secondary N) is 1. The van der Waals surface area contributed by atoms with Gasteiger partial charge >= 0.3 is 0 Å². The Kier molecular flexibility index (Phi) is 11.1. The zero-order valence-corrected chi connectivity index (χ0v) is 39.8. The summed E-state index contributed by atoms with van der Waals surface area (Å²) < 4.78 is 1.86. The van der Waals surface area contributed by atoms with E-state index in [0.29, 0.717) is 41.2 Å².